The molecule has 0 spiro atoms. The smallest absolute Gasteiger partial charge is 0.406 e. The summed E-state index contributed by atoms with van der Waals surface area (Å²) in [6, 6.07) is 5.32. The first kappa shape index (κ1) is 19.3. The van der Waals surface area contributed by atoms with E-state index < -0.39 is 6.36 Å². The lowest BCUT2D eigenvalue weighted by Gasteiger charge is -2.15. The van der Waals surface area contributed by atoms with Crippen LogP contribution < -0.4 is 4.74 Å². The van der Waals surface area contributed by atoms with Crippen molar-refractivity contribution in [3.05, 3.63) is 35.6 Å². The largest absolute Gasteiger partial charge is 0.573 e. The van der Waals surface area contributed by atoms with E-state index in [9.17, 15) is 18.0 Å². The van der Waals surface area contributed by atoms with Crippen LogP contribution in [-0.2, 0) is 11.3 Å². The molecule has 0 bridgehead atoms. The van der Waals surface area contributed by atoms with E-state index in [-0.39, 0.29) is 24.1 Å². The van der Waals surface area contributed by atoms with Gasteiger partial charge in [-0.25, -0.2) is 15.0 Å². The Balaban J connectivity index is 1.95. The zero-order valence-corrected chi connectivity index (χ0v) is 15.4. The zero-order valence-electron chi connectivity index (χ0n) is 13.8. The number of hydrogen-bond acceptors (Lipinski definition) is 6. The lowest BCUT2D eigenvalue weighted by Crippen LogP contribution is -2.28. The summed E-state index contributed by atoms with van der Waals surface area (Å²) in [5.74, 6) is -0.395. The van der Waals surface area contributed by atoms with Crippen LogP contribution in [0.15, 0.2) is 29.8 Å². The highest BCUT2D eigenvalue weighted by Crippen LogP contribution is 2.30. The molecular weight excluding hydrogens is 405 g/mol. The number of benzene rings is 1. The summed E-state index contributed by atoms with van der Waals surface area (Å²) in [6.07, 6.45) is -4.76. The highest BCUT2D eigenvalue weighted by Gasteiger charge is 2.31. The van der Waals surface area contributed by atoms with E-state index in [1.165, 1.54) is 40.5 Å². The standard InChI is InChI=1S/C16H12ClF3N4O2S/c1-24(12(25)6-17)7-11-22-13(14-15(23-11)27-8-21-14)9-2-4-10(5-3-9)26-16(18,19)20/h2-5,8H,6-7H2,1H3. The lowest BCUT2D eigenvalue weighted by molar-refractivity contribution is -0.274. The normalized spacial score (nSPS) is 11.6. The van der Waals surface area contributed by atoms with E-state index in [4.69, 9.17) is 11.6 Å². The Morgan fingerprint density at radius 1 is 1.26 bits per heavy atom. The van der Waals surface area contributed by atoms with Gasteiger partial charge in [-0.05, 0) is 24.3 Å². The Hall–Kier alpha value is -2.46. The highest BCUT2D eigenvalue weighted by atomic mass is 35.5. The first-order valence-electron chi connectivity index (χ1n) is 7.53. The minimum absolute atomic E-state index is 0.141. The molecule has 11 heteroatoms. The molecule has 1 amide bonds. The molecule has 0 aliphatic rings. The number of carbonyl (C=O) groups is 1. The van der Waals surface area contributed by atoms with E-state index in [2.05, 4.69) is 19.7 Å². The molecule has 0 atom stereocenters. The molecule has 0 aliphatic heterocycles. The molecule has 2 aromatic heterocycles. The molecule has 6 nitrogen and oxygen atoms in total. The van der Waals surface area contributed by atoms with Crippen LogP contribution in [0, 0.1) is 0 Å². The van der Waals surface area contributed by atoms with Gasteiger partial charge in [0.25, 0.3) is 0 Å². The average molecular weight is 417 g/mol. The van der Waals surface area contributed by atoms with Crippen molar-refractivity contribution in [2.24, 2.45) is 0 Å². The van der Waals surface area contributed by atoms with Gasteiger partial charge in [0.2, 0.25) is 5.91 Å². The minimum atomic E-state index is -4.76. The third-order valence-corrected chi connectivity index (χ3v) is 4.47. The van der Waals surface area contributed by atoms with Gasteiger partial charge in [0.15, 0.2) is 0 Å². The Morgan fingerprint density at radius 3 is 2.59 bits per heavy atom. The molecule has 3 rings (SSSR count). The van der Waals surface area contributed by atoms with Gasteiger partial charge in [0, 0.05) is 12.6 Å². The molecule has 0 N–H and O–H groups in total. The summed E-state index contributed by atoms with van der Waals surface area (Å²) < 4.78 is 40.8. The monoisotopic (exact) mass is 416 g/mol. The quantitative estimate of drug-likeness (QED) is 0.591. The van der Waals surface area contributed by atoms with Gasteiger partial charge in [0.1, 0.15) is 33.5 Å². The fraction of sp³-hybridized carbons (Fsp3) is 0.250. The number of aromatic nitrogens is 3. The second-order valence-electron chi connectivity index (χ2n) is 5.45. The molecule has 2 heterocycles. The Bertz CT molecular complexity index is 962. The highest BCUT2D eigenvalue weighted by molar-refractivity contribution is 7.16. The summed E-state index contributed by atoms with van der Waals surface area (Å²) in [7, 11) is 1.58. The number of fused-ring (bicyclic) bond motifs is 1. The van der Waals surface area contributed by atoms with Gasteiger partial charge in [-0.2, -0.15) is 0 Å². The third-order valence-electron chi connectivity index (χ3n) is 3.52. The molecule has 0 aliphatic carbocycles. The second kappa shape index (κ2) is 7.65. The number of rotatable bonds is 5. The Kier molecular flexibility index (Phi) is 5.47. The molecule has 0 fully saturated rings. The zero-order chi connectivity index (χ0) is 19.6. The van der Waals surface area contributed by atoms with E-state index in [0.29, 0.717) is 27.4 Å². The number of amides is 1. The van der Waals surface area contributed by atoms with Gasteiger partial charge < -0.3 is 9.64 Å². The fourth-order valence-corrected chi connectivity index (χ4v) is 3.18. The summed E-state index contributed by atoms with van der Waals surface area (Å²) in [5.41, 5.74) is 3.14. The van der Waals surface area contributed by atoms with Crippen molar-refractivity contribution >= 4 is 39.2 Å². The number of carbonyl (C=O) groups excluding carboxylic acids is 1. The van der Waals surface area contributed by atoms with E-state index in [1.54, 1.807) is 12.6 Å². The average Bonchev–Trinajstić information content (AvgIpc) is 3.08. The molecule has 142 valence electrons. The first-order valence-corrected chi connectivity index (χ1v) is 8.94. The molecule has 0 saturated carbocycles. The predicted molar refractivity (Wildman–Crippen MR) is 94.5 cm³/mol. The first-order chi connectivity index (χ1) is 12.8. The summed E-state index contributed by atoms with van der Waals surface area (Å²) in [6.45, 7) is 0.141. The molecule has 1 aromatic carbocycles. The summed E-state index contributed by atoms with van der Waals surface area (Å²) in [4.78, 5) is 26.7. The lowest BCUT2D eigenvalue weighted by atomic mass is 10.1. The SMILES string of the molecule is CN(Cc1nc(-c2ccc(OC(F)(F)F)cc2)c2ncsc2n1)C(=O)CCl. The number of ether oxygens (including phenoxy) is 1. The predicted octanol–water partition coefficient (Wildman–Crippen LogP) is 3.85. The van der Waals surface area contributed by atoms with Crippen molar-refractivity contribution in [2.75, 3.05) is 12.9 Å². The minimum Gasteiger partial charge on any atom is -0.406 e. The molecule has 3 aromatic rings. The second-order valence-corrected chi connectivity index (χ2v) is 6.55. The number of halogens is 4. The number of thiazole rings is 1. The van der Waals surface area contributed by atoms with Gasteiger partial charge >= 0.3 is 6.36 Å². The van der Waals surface area contributed by atoms with Crippen molar-refractivity contribution in [2.45, 2.75) is 12.9 Å². The fourth-order valence-electron chi connectivity index (χ4n) is 2.29. The number of nitrogens with zero attached hydrogens (tertiary/aromatic N) is 4. The number of alkyl halides is 4. The van der Waals surface area contributed by atoms with E-state index in [0.717, 1.165) is 0 Å². The molecule has 0 radical (unpaired) electrons. The van der Waals surface area contributed by atoms with Crippen LogP contribution in [-0.4, -0.2) is 45.0 Å². The van der Waals surface area contributed by atoms with Crippen molar-refractivity contribution in [3.8, 4) is 17.0 Å². The van der Waals surface area contributed by atoms with Gasteiger partial charge in [-0.15, -0.1) is 36.1 Å². The summed E-state index contributed by atoms with van der Waals surface area (Å²) >= 11 is 6.84. The van der Waals surface area contributed by atoms with Crippen molar-refractivity contribution in [1.82, 2.24) is 19.9 Å². The molecule has 0 saturated heterocycles. The van der Waals surface area contributed by atoms with Crippen LogP contribution in [0.25, 0.3) is 21.6 Å². The summed E-state index contributed by atoms with van der Waals surface area (Å²) in [5, 5.41) is 0. The number of hydrogen-bond donors (Lipinski definition) is 0. The van der Waals surface area contributed by atoms with Crippen LogP contribution in [0.2, 0.25) is 0 Å². The molecule has 27 heavy (non-hydrogen) atoms. The Morgan fingerprint density at radius 2 is 1.96 bits per heavy atom. The van der Waals surface area contributed by atoms with Crippen molar-refractivity contribution < 1.29 is 22.7 Å². The Labute approximate surface area is 160 Å². The van der Waals surface area contributed by atoms with Crippen LogP contribution in [0.5, 0.6) is 5.75 Å². The topological polar surface area (TPSA) is 68.2 Å². The van der Waals surface area contributed by atoms with E-state index >= 15 is 0 Å². The maximum absolute atomic E-state index is 12.3. The third kappa shape index (κ3) is 4.64. The molecular formula is C16H12ClF3N4O2S. The van der Waals surface area contributed by atoms with Crippen molar-refractivity contribution in [1.29, 1.82) is 0 Å². The van der Waals surface area contributed by atoms with Crippen LogP contribution in [0.3, 0.4) is 0 Å². The van der Waals surface area contributed by atoms with Gasteiger partial charge in [0.05, 0.1) is 12.1 Å². The van der Waals surface area contributed by atoms with Gasteiger partial charge in [-0.3, -0.25) is 4.79 Å². The molecule has 0 unspecified atom stereocenters. The van der Waals surface area contributed by atoms with Crippen LogP contribution in [0.4, 0.5) is 13.2 Å². The van der Waals surface area contributed by atoms with Crippen LogP contribution in [0.1, 0.15) is 5.82 Å². The maximum atomic E-state index is 12.3. The maximum Gasteiger partial charge on any atom is 0.573 e. The van der Waals surface area contributed by atoms with E-state index in [1.807, 2.05) is 0 Å². The van der Waals surface area contributed by atoms with Crippen LogP contribution >= 0.6 is 22.9 Å². The van der Waals surface area contributed by atoms with Gasteiger partial charge in [-0.1, -0.05) is 0 Å². The van der Waals surface area contributed by atoms with Crippen molar-refractivity contribution in [3.63, 3.8) is 0 Å².